The van der Waals surface area contributed by atoms with Crippen LogP contribution < -0.4 is 5.32 Å². The van der Waals surface area contributed by atoms with Crippen molar-refractivity contribution in [3.05, 3.63) is 23.8 Å². The van der Waals surface area contributed by atoms with E-state index < -0.39 is 9.84 Å². The Kier molecular flexibility index (Phi) is 5.04. The lowest BCUT2D eigenvalue weighted by atomic mass is 10.0. The summed E-state index contributed by atoms with van der Waals surface area (Å²) < 4.78 is 23.1. The Bertz CT molecular complexity index is 616. The highest BCUT2D eigenvalue weighted by Crippen LogP contribution is 2.28. The third-order valence-electron chi connectivity index (χ3n) is 4.17. The van der Waals surface area contributed by atoms with Crippen LogP contribution in [-0.4, -0.2) is 20.6 Å². The van der Waals surface area contributed by atoms with Crippen molar-refractivity contribution in [2.75, 3.05) is 11.6 Å². The van der Waals surface area contributed by atoms with Crippen molar-refractivity contribution in [2.45, 2.75) is 50.3 Å². The Hall–Kier alpha value is -1.36. The van der Waals surface area contributed by atoms with E-state index in [1.165, 1.54) is 38.0 Å². The molecule has 21 heavy (non-hydrogen) atoms. The van der Waals surface area contributed by atoms with Gasteiger partial charge in [0.1, 0.15) is 0 Å². The summed E-state index contributed by atoms with van der Waals surface area (Å²) >= 11 is 0. The summed E-state index contributed by atoms with van der Waals surface area (Å²) in [6, 6.07) is 4.83. The zero-order chi connectivity index (χ0) is 15.5. The second-order valence-electron chi connectivity index (χ2n) is 5.99. The third-order valence-corrected chi connectivity index (χ3v) is 5.28. The first-order chi connectivity index (χ1) is 9.86. The van der Waals surface area contributed by atoms with Gasteiger partial charge in [-0.3, -0.25) is 4.79 Å². The van der Waals surface area contributed by atoms with Crippen molar-refractivity contribution in [3.63, 3.8) is 0 Å². The zero-order valence-electron chi connectivity index (χ0n) is 12.7. The first-order valence-corrected chi connectivity index (χ1v) is 9.36. The molecule has 1 saturated carbocycles. The second-order valence-corrected chi connectivity index (χ2v) is 8.00. The normalized spacial score (nSPS) is 16.1. The maximum atomic E-state index is 12.0. The summed E-state index contributed by atoms with van der Waals surface area (Å²) in [5, 5.41) is 2.84. The molecule has 1 N–H and O–H groups in total. The Morgan fingerprint density at radius 1 is 1.29 bits per heavy atom. The van der Waals surface area contributed by atoms with E-state index in [0.29, 0.717) is 18.0 Å². The number of anilines is 1. The van der Waals surface area contributed by atoms with Gasteiger partial charge in [-0.25, -0.2) is 8.42 Å². The summed E-state index contributed by atoms with van der Waals surface area (Å²) in [7, 11) is -3.25. The Morgan fingerprint density at radius 3 is 2.57 bits per heavy atom. The number of sulfone groups is 1. The Labute approximate surface area is 126 Å². The molecule has 2 rings (SSSR count). The van der Waals surface area contributed by atoms with Gasteiger partial charge in [-0.15, -0.1) is 0 Å². The van der Waals surface area contributed by atoms with Gasteiger partial charge in [0.05, 0.1) is 4.90 Å². The van der Waals surface area contributed by atoms with E-state index in [1.807, 2.05) is 6.92 Å². The predicted octanol–water partition coefficient (Wildman–Crippen LogP) is 3.31. The van der Waals surface area contributed by atoms with Crippen molar-refractivity contribution in [2.24, 2.45) is 5.92 Å². The summed E-state index contributed by atoms with van der Waals surface area (Å²) in [6.45, 7) is 1.86. The van der Waals surface area contributed by atoms with Crippen LogP contribution in [0.3, 0.4) is 0 Å². The monoisotopic (exact) mass is 309 g/mol. The molecule has 0 spiro atoms. The molecule has 1 amide bonds. The van der Waals surface area contributed by atoms with Crippen molar-refractivity contribution in [1.29, 1.82) is 0 Å². The van der Waals surface area contributed by atoms with E-state index in [0.717, 1.165) is 12.0 Å². The standard InChI is InChI=1S/C16H23NO3S/c1-12-7-9-14(21(2,19)20)11-15(12)17-16(18)10-8-13-5-3-4-6-13/h7,9,11,13H,3-6,8,10H2,1-2H3,(H,17,18). The van der Waals surface area contributed by atoms with Crippen LogP contribution in [-0.2, 0) is 14.6 Å². The molecular weight excluding hydrogens is 286 g/mol. The van der Waals surface area contributed by atoms with Crippen LogP contribution in [0.2, 0.25) is 0 Å². The smallest absolute Gasteiger partial charge is 0.224 e. The molecule has 1 aromatic rings. The molecule has 0 unspecified atom stereocenters. The highest BCUT2D eigenvalue weighted by Gasteiger charge is 2.17. The topological polar surface area (TPSA) is 63.2 Å². The number of nitrogens with one attached hydrogen (secondary N) is 1. The van der Waals surface area contributed by atoms with E-state index in [1.54, 1.807) is 12.1 Å². The average molecular weight is 309 g/mol. The molecule has 0 aliphatic heterocycles. The van der Waals surface area contributed by atoms with Gasteiger partial charge in [-0.05, 0) is 37.0 Å². The van der Waals surface area contributed by atoms with Crippen LogP contribution >= 0.6 is 0 Å². The minimum Gasteiger partial charge on any atom is -0.326 e. The fraction of sp³-hybridized carbons (Fsp3) is 0.562. The molecule has 0 atom stereocenters. The molecule has 0 bridgehead atoms. The highest BCUT2D eigenvalue weighted by atomic mass is 32.2. The van der Waals surface area contributed by atoms with Crippen LogP contribution in [0.5, 0.6) is 0 Å². The first-order valence-electron chi connectivity index (χ1n) is 7.47. The highest BCUT2D eigenvalue weighted by molar-refractivity contribution is 7.90. The van der Waals surface area contributed by atoms with E-state index >= 15 is 0 Å². The quantitative estimate of drug-likeness (QED) is 0.907. The van der Waals surface area contributed by atoms with Gasteiger partial charge in [0.2, 0.25) is 5.91 Å². The summed E-state index contributed by atoms with van der Waals surface area (Å²) in [5.41, 5.74) is 1.46. The number of hydrogen-bond acceptors (Lipinski definition) is 3. The number of hydrogen-bond donors (Lipinski definition) is 1. The number of carbonyl (C=O) groups is 1. The second kappa shape index (κ2) is 6.60. The van der Waals surface area contributed by atoms with E-state index in [-0.39, 0.29) is 10.8 Å². The van der Waals surface area contributed by atoms with Gasteiger partial charge >= 0.3 is 0 Å². The molecule has 0 radical (unpaired) electrons. The van der Waals surface area contributed by atoms with Crippen LogP contribution in [0.15, 0.2) is 23.1 Å². The molecule has 1 aromatic carbocycles. The minimum absolute atomic E-state index is 0.0318. The summed E-state index contributed by atoms with van der Waals surface area (Å²) in [6.07, 6.45) is 7.63. The maximum Gasteiger partial charge on any atom is 0.224 e. The van der Waals surface area contributed by atoms with Crippen molar-refractivity contribution >= 4 is 21.4 Å². The lowest BCUT2D eigenvalue weighted by Crippen LogP contribution is -2.14. The molecule has 1 aliphatic rings. The lowest BCUT2D eigenvalue weighted by Gasteiger charge is -2.12. The largest absolute Gasteiger partial charge is 0.326 e. The molecule has 1 fully saturated rings. The van der Waals surface area contributed by atoms with Crippen LogP contribution in [0.4, 0.5) is 5.69 Å². The molecule has 1 aliphatic carbocycles. The number of rotatable bonds is 5. The summed E-state index contributed by atoms with van der Waals surface area (Å²) in [4.78, 5) is 12.3. The number of benzene rings is 1. The number of carbonyl (C=O) groups excluding carboxylic acids is 1. The molecule has 116 valence electrons. The van der Waals surface area contributed by atoms with E-state index in [2.05, 4.69) is 5.32 Å². The van der Waals surface area contributed by atoms with Crippen LogP contribution in [0.1, 0.15) is 44.1 Å². The molecule has 4 nitrogen and oxygen atoms in total. The van der Waals surface area contributed by atoms with Gasteiger partial charge in [0.15, 0.2) is 9.84 Å². The Morgan fingerprint density at radius 2 is 1.95 bits per heavy atom. The predicted molar refractivity (Wildman–Crippen MR) is 84.1 cm³/mol. The number of amides is 1. The van der Waals surface area contributed by atoms with Gasteiger partial charge in [-0.1, -0.05) is 31.7 Å². The first kappa shape index (κ1) is 16.0. The van der Waals surface area contributed by atoms with E-state index in [9.17, 15) is 13.2 Å². The van der Waals surface area contributed by atoms with Crippen molar-refractivity contribution in [1.82, 2.24) is 0 Å². The zero-order valence-corrected chi connectivity index (χ0v) is 13.5. The van der Waals surface area contributed by atoms with Crippen LogP contribution in [0, 0.1) is 12.8 Å². The molecule has 0 saturated heterocycles. The summed E-state index contributed by atoms with van der Waals surface area (Å²) in [5.74, 6) is 0.648. The average Bonchev–Trinajstić information content (AvgIpc) is 2.91. The van der Waals surface area contributed by atoms with E-state index in [4.69, 9.17) is 0 Å². The molecule has 0 aromatic heterocycles. The van der Waals surface area contributed by atoms with Gasteiger partial charge in [-0.2, -0.15) is 0 Å². The van der Waals surface area contributed by atoms with Crippen molar-refractivity contribution in [3.8, 4) is 0 Å². The third kappa shape index (κ3) is 4.56. The van der Waals surface area contributed by atoms with Gasteiger partial charge in [0.25, 0.3) is 0 Å². The number of aryl methyl sites for hydroxylation is 1. The fourth-order valence-corrected chi connectivity index (χ4v) is 3.46. The molecule has 5 heteroatoms. The van der Waals surface area contributed by atoms with Gasteiger partial charge < -0.3 is 5.32 Å². The SMILES string of the molecule is Cc1ccc(S(C)(=O)=O)cc1NC(=O)CCC1CCCC1. The molecule has 0 heterocycles. The Balaban J connectivity index is 1.99. The minimum atomic E-state index is -3.25. The van der Waals surface area contributed by atoms with Gasteiger partial charge in [0, 0.05) is 18.4 Å². The molecular formula is C16H23NO3S. The maximum absolute atomic E-state index is 12.0. The lowest BCUT2D eigenvalue weighted by molar-refractivity contribution is -0.116. The van der Waals surface area contributed by atoms with Crippen LogP contribution in [0.25, 0.3) is 0 Å². The van der Waals surface area contributed by atoms with Crippen molar-refractivity contribution < 1.29 is 13.2 Å². The fourth-order valence-electron chi connectivity index (χ4n) is 2.81.